The molecule has 0 aliphatic carbocycles. The van der Waals surface area contributed by atoms with Crippen molar-refractivity contribution in [2.75, 3.05) is 7.11 Å². The third kappa shape index (κ3) is 4.85. The van der Waals surface area contributed by atoms with Gasteiger partial charge < -0.3 is 4.74 Å². The smallest absolute Gasteiger partial charge is 0.305 e. The predicted molar refractivity (Wildman–Crippen MR) is 85.9 cm³/mol. The summed E-state index contributed by atoms with van der Waals surface area (Å²) in [5.74, 6) is -0.207. The summed E-state index contributed by atoms with van der Waals surface area (Å²) in [7, 11) is 1.36. The Morgan fingerprint density at radius 3 is 2.14 bits per heavy atom. The van der Waals surface area contributed by atoms with E-state index in [9.17, 15) is 9.59 Å². The molecule has 0 radical (unpaired) electrons. The largest absolute Gasteiger partial charge is 0.469 e. The van der Waals surface area contributed by atoms with Gasteiger partial charge in [-0.05, 0) is 24.0 Å². The van der Waals surface area contributed by atoms with Crippen LogP contribution in [0.5, 0.6) is 0 Å². The molecule has 0 unspecified atom stereocenters. The zero-order valence-corrected chi connectivity index (χ0v) is 12.7. The van der Waals surface area contributed by atoms with E-state index < -0.39 is 0 Å². The van der Waals surface area contributed by atoms with Gasteiger partial charge in [0.05, 0.1) is 7.11 Å². The lowest BCUT2D eigenvalue weighted by Gasteiger charge is -2.04. The number of benzene rings is 2. The molecule has 3 heteroatoms. The number of esters is 1. The Balaban J connectivity index is 1.88. The SMILES string of the molecule is COC(=O)CCCC(=O)c1ccc(Cc2ccccc2)cc1. The second kappa shape index (κ2) is 8.13. The Morgan fingerprint density at radius 2 is 1.50 bits per heavy atom. The van der Waals surface area contributed by atoms with Gasteiger partial charge >= 0.3 is 5.97 Å². The van der Waals surface area contributed by atoms with E-state index in [0.29, 0.717) is 18.4 Å². The molecule has 0 saturated heterocycles. The van der Waals surface area contributed by atoms with E-state index in [0.717, 1.165) is 6.42 Å². The number of rotatable bonds is 7. The van der Waals surface area contributed by atoms with Crippen molar-refractivity contribution < 1.29 is 14.3 Å². The fourth-order valence-corrected chi connectivity index (χ4v) is 2.28. The topological polar surface area (TPSA) is 43.4 Å². The number of ketones is 1. The highest BCUT2D eigenvalue weighted by Crippen LogP contribution is 2.13. The number of ether oxygens (including phenoxy) is 1. The summed E-state index contributed by atoms with van der Waals surface area (Å²) in [6, 6.07) is 17.9. The lowest BCUT2D eigenvalue weighted by molar-refractivity contribution is -0.140. The molecule has 0 aliphatic rings. The van der Waals surface area contributed by atoms with Gasteiger partial charge in [-0.3, -0.25) is 9.59 Å². The van der Waals surface area contributed by atoms with Crippen LogP contribution in [0.2, 0.25) is 0 Å². The van der Waals surface area contributed by atoms with Crippen molar-refractivity contribution in [3.8, 4) is 0 Å². The van der Waals surface area contributed by atoms with Gasteiger partial charge in [0.1, 0.15) is 0 Å². The van der Waals surface area contributed by atoms with E-state index in [1.54, 1.807) is 0 Å². The number of Topliss-reactive ketones (excluding diaryl/α,β-unsaturated/α-hetero) is 1. The van der Waals surface area contributed by atoms with E-state index >= 15 is 0 Å². The van der Waals surface area contributed by atoms with Gasteiger partial charge in [0.2, 0.25) is 0 Å². The highest BCUT2D eigenvalue weighted by Gasteiger charge is 2.08. The minimum Gasteiger partial charge on any atom is -0.469 e. The lowest BCUT2D eigenvalue weighted by Crippen LogP contribution is -2.04. The van der Waals surface area contributed by atoms with Crippen LogP contribution in [-0.4, -0.2) is 18.9 Å². The minimum absolute atomic E-state index is 0.0650. The summed E-state index contributed by atoms with van der Waals surface area (Å²) in [4.78, 5) is 23.0. The van der Waals surface area contributed by atoms with E-state index in [4.69, 9.17) is 0 Å². The molecule has 0 heterocycles. The highest BCUT2D eigenvalue weighted by molar-refractivity contribution is 5.96. The Kier molecular flexibility index (Phi) is 5.90. The van der Waals surface area contributed by atoms with Gasteiger partial charge in [-0.15, -0.1) is 0 Å². The maximum Gasteiger partial charge on any atom is 0.305 e. The van der Waals surface area contributed by atoms with Crippen LogP contribution in [0.25, 0.3) is 0 Å². The van der Waals surface area contributed by atoms with Crippen LogP contribution in [0.4, 0.5) is 0 Å². The standard InChI is InChI=1S/C19H20O3/c1-22-19(21)9-5-8-18(20)17-12-10-16(11-13-17)14-15-6-3-2-4-7-15/h2-4,6-7,10-13H,5,8-9,14H2,1H3. The Labute approximate surface area is 130 Å². The number of hydrogen-bond acceptors (Lipinski definition) is 3. The third-order valence-electron chi connectivity index (χ3n) is 3.54. The van der Waals surface area contributed by atoms with E-state index in [1.165, 1.54) is 18.2 Å². The van der Waals surface area contributed by atoms with Gasteiger partial charge in [0.25, 0.3) is 0 Å². The second-order valence-electron chi connectivity index (χ2n) is 5.21. The molecule has 2 aromatic rings. The highest BCUT2D eigenvalue weighted by atomic mass is 16.5. The first-order chi connectivity index (χ1) is 10.7. The van der Waals surface area contributed by atoms with Crippen LogP contribution in [-0.2, 0) is 16.0 Å². The summed E-state index contributed by atoms with van der Waals surface area (Å²) in [6.45, 7) is 0. The molecule has 0 atom stereocenters. The lowest BCUT2D eigenvalue weighted by atomic mass is 10.0. The summed E-state index contributed by atoms with van der Waals surface area (Å²) < 4.78 is 4.56. The van der Waals surface area contributed by atoms with Crippen molar-refractivity contribution in [3.63, 3.8) is 0 Å². The monoisotopic (exact) mass is 296 g/mol. The fourth-order valence-electron chi connectivity index (χ4n) is 2.28. The van der Waals surface area contributed by atoms with E-state index in [-0.39, 0.29) is 18.2 Å². The molecular weight excluding hydrogens is 276 g/mol. The average Bonchev–Trinajstić information content (AvgIpc) is 2.56. The van der Waals surface area contributed by atoms with Gasteiger partial charge in [0, 0.05) is 18.4 Å². The summed E-state index contributed by atoms with van der Waals surface area (Å²) in [5.41, 5.74) is 3.12. The van der Waals surface area contributed by atoms with Crippen molar-refractivity contribution in [1.82, 2.24) is 0 Å². The zero-order chi connectivity index (χ0) is 15.8. The van der Waals surface area contributed by atoms with Gasteiger partial charge in [0.15, 0.2) is 5.78 Å². The molecule has 0 N–H and O–H groups in total. The first kappa shape index (κ1) is 16.0. The first-order valence-corrected chi connectivity index (χ1v) is 7.42. The maximum atomic E-state index is 12.0. The summed E-state index contributed by atoms with van der Waals surface area (Å²) in [5, 5.41) is 0. The number of carbonyl (C=O) groups is 2. The van der Waals surface area contributed by atoms with Crippen LogP contribution in [0.3, 0.4) is 0 Å². The van der Waals surface area contributed by atoms with Crippen molar-refractivity contribution in [1.29, 1.82) is 0 Å². The van der Waals surface area contributed by atoms with Crippen molar-refractivity contribution >= 4 is 11.8 Å². The van der Waals surface area contributed by atoms with Crippen LogP contribution in [0.1, 0.15) is 40.7 Å². The van der Waals surface area contributed by atoms with Gasteiger partial charge in [-0.1, -0.05) is 54.6 Å². The van der Waals surface area contributed by atoms with Crippen LogP contribution >= 0.6 is 0 Å². The number of carbonyl (C=O) groups excluding carboxylic acids is 2. The molecule has 114 valence electrons. The summed E-state index contributed by atoms with van der Waals surface area (Å²) in [6.07, 6.45) is 2.04. The molecule has 0 bridgehead atoms. The van der Waals surface area contributed by atoms with E-state index in [2.05, 4.69) is 16.9 Å². The molecule has 0 spiro atoms. The van der Waals surface area contributed by atoms with Crippen LogP contribution < -0.4 is 0 Å². The third-order valence-corrected chi connectivity index (χ3v) is 3.54. The van der Waals surface area contributed by atoms with Crippen LogP contribution in [0, 0.1) is 0 Å². The van der Waals surface area contributed by atoms with Crippen molar-refractivity contribution in [2.24, 2.45) is 0 Å². The average molecular weight is 296 g/mol. The molecule has 2 aromatic carbocycles. The van der Waals surface area contributed by atoms with Crippen LogP contribution in [0.15, 0.2) is 54.6 Å². The molecule has 0 saturated carbocycles. The molecule has 0 fully saturated rings. The van der Waals surface area contributed by atoms with Crippen molar-refractivity contribution in [3.05, 3.63) is 71.3 Å². The zero-order valence-electron chi connectivity index (χ0n) is 12.7. The molecule has 3 nitrogen and oxygen atoms in total. The summed E-state index contributed by atoms with van der Waals surface area (Å²) >= 11 is 0. The van der Waals surface area contributed by atoms with Gasteiger partial charge in [-0.25, -0.2) is 0 Å². The molecule has 0 aliphatic heterocycles. The Bertz CT molecular complexity index is 615. The molecule has 22 heavy (non-hydrogen) atoms. The fraction of sp³-hybridized carbons (Fsp3) is 0.263. The second-order valence-corrected chi connectivity index (χ2v) is 5.21. The van der Waals surface area contributed by atoms with Crippen molar-refractivity contribution in [2.45, 2.75) is 25.7 Å². The predicted octanol–water partition coefficient (Wildman–Crippen LogP) is 3.80. The number of methoxy groups -OCH3 is 1. The van der Waals surface area contributed by atoms with E-state index in [1.807, 2.05) is 42.5 Å². The first-order valence-electron chi connectivity index (χ1n) is 7.42. The minimum atomic E-state index is -0.272. The Hall–Kier alpha value is -2.42. The molecule has 0 amide bonds. The molecule has 0 aromatic heterocycles. The molecular formula is C19H20O3. The number of hydrogen-bond donors (Lipinski definition) is 0. The van der Waals surface area contributed by atoms with Gasteiger partial charge in [-0.2, -0.15) is 0 Å². The Morgan fingerprint density at radius 1 is 0.864 bits per heavy atom. The quantitative estimate of drug-likeness (QED) is 0.576. The normalized spacial score (nSPS) is 10.2. The molecule has 2 rings (SSSR count). The maximum absolute atomic E-state index is 12.0.